The molecule has 0 aromatic heterocycles. The van der Waals surface area contributed by atoms with E-state index in [9.17, 15) is 4.79 Å². The molecule has 0 aromatic carbocycles. The van der Waals surface area contributed by atoms with Gasteiger partial charge in [-0.3, -0.25) is 4.79 Å². The first-order chi connectivity index (χ1) is 9.24. The summed E-state index contributed by atoms with van der Waals surface area (Å²) in [6, 6.07) is 0.498. The second-order valence-electron chi connectivity index (χ2n) is 7.14. The Kier molecular flexibility index (Phi) is 2.85. The van der Waals surface area contributed by atoms with Gasteiger partial charge in [0.15, 0.2) is 0 Å². The van der Waals surface area contributed by atoms with Gasteiger partial charge in [-0.25, -0.2) is 0 Å². The summed E-state index contributed by atoms with van der Waals surface area (Å²) in [6.07, 6.45) is 6.94. The third-order valence-electron chi connectivity index (χ3n) is 5.96. The highest BCUT2D eigenvalue weighted by atomic mass is 16.5. The lowest BCUT2D eigenvalue weighted by Gasteiger charge is -2.58. The molecular weight excluding hydrogens is 240 g/mol. The molecule has 0 aromatic rings. The molecule has 1 saturated heterocycles. The first kappa shape index (κ1) is 12.2. The van der Waals surface area contributed by atoms with Crippen LogP contribution in [-0.4, -0.2) is 42.6 Å². The molecule has 1 unspecified atom stereocenters. The van der Waals surface area contributed by atoms with Crippen molar-refractivity contribution in [3.8, 4) is 0 Å². The van der Waals surface area contributed by atoms with Gasteiger partial charge in [-0.05, 0) is 55.8 Å². The lowest BCUT2D eigenvalue weighted by molar-refractivity contribution is -0.164. The Morgan fingerprint density at radius 1 is 1.11 bits per heavy atom. The number of nitrogens with two attached hydrogens (primary N) is 1. The minimum Gasteiger partial charge on any atom is -0.365 e. The molecule has 106 valence electrons. The average molecular weight is 264 g/mol. The summed E-state index contributed by atoms with van der Waals surface area (Å²) in [6.45, 7) is 1.49. The lowest BCUT2D eigenvalue weighted by Crippen LogP contribution is -2.62. The topological polar surface area (TPSA) is 55.6 Å². The quantitative estimate of drug-likeness (QED) is 0.809. The van der Waals surface area contributed by atoms with Crippen molar-refractivity contribution < 1.29 is 9.53 Å². The fourth-order valence-electron chi connectivity index (χ4n) is 5.48. The Morgan fingerprint density at radius 2 is 1.74 bits per heavy atom. The van der Waals surface area contributed by atoms with Crippen molar-refractivity contribution in [2.45, 2.75) is 44.2 Å². The number of nitrogens with zero attached hydrogens (tertiary/aromatic N) is 1. The Morgan fingerprint density at radius 3 is 2.32 bits per heavy atom. The summed E-state index contributed by atoms with van der Waals surface area (Å²) in [4.78, 5) is 14.4. The number of carbonyl (C=O) groups is 1. The van der Waals surface area contributed by atoms with Crippen molar-refractivity contribution in [2.75, 3.05) is 19.7 Å². The van der Waals surface area contributed by atoms with Crippen molar-refractivity contribution >= 4 is 5.91 Å². The summed E-state index contributed by atoms with van der Waals surface area (Å²) in [5.74, 6) is 3.64. The van der Waals surface area contributed by atoms with Crippen molar-refractivity contribution in [3.63, 3.8) is 0 Å². The van der Waals surface area contributed by atoms with Crippen LogP contribution in [0.2, 0.25) is 0 Å². The molecule has 4 saturated carbocycles. The van der Waals surface area contributed by atoms with Crippen LogP contribution in [0, 0.1) is 23.7 Å². The van der Waals surface area contributed by atoms with Gasteiger partial charge >= 0.3 is 0 Å². The minimum atomic E-state index is 0.0508. The van der Waals surface area contributed by atoms with Crippen molar-refractivity contribution in [3.05, 3.63) is 0 Å². The summed E-state index contributed by atoms with van der Waals surface area (Å²) in [5.41, 5.74) is 5.72. The minimum absolute atomic E-state index is 0.0508. The predicted molar refractivity (Wildman–Crippen MR) is 71.3 cm³/mol. The van der Waals surface area contributed by atoms with Gasteiger partial charge in [-0.15, -0.1) is 0 Å². The molecule has 4 bridgehead atoms. The molecule has 1 amide bonds. The van der Waals surface area contributed by atoms with Crippen LogP contribution >= 0.6 is 0 Å². The van der Waals surface area contributed by atoms with Crippen LogP contribution in [0.3, 0.4) is 0 Å². The maximum Gasteiger partial charge on any atom is 0.248 e. The largest absolute Gasteiger partial charge is 0.365 e. The van der Waals surface area contributed by atoms with Gasteiger partial charge in [-0.2, -0.15) is 0 Å². The molecule has 1 heterocycles. The normalized spacial score (nSPS) is 48.9. The van der Waals surface area contributed by atoms with Crippen LogP contribution in [0.1, 0.15) is 32.1 Å². The van der Waals surface area contributed by atoms with Crippen molar-refractivity contribution in [1.29, 1.82) is 0 Å². The Hall–Kier alpha value is -0.610. The number of ether oxygens (including phenoxy) is 1. The van der Waals surface area contributed by atoms with Gasteiger partial charge < -0.3 is 15.4 Å². The van der Waals surface area contributed by atoms with E-state index in [1.165, 1.54) is 32.1 Å². The Balaban J connectivity index is 1.56. The van der Waals surface area contributed by atoms with E-state index in [2.05, 4.69) is 4.90 Å². The smallest absolute Gasteiger partial charge is 0.248 e. The van der Waals surface area contributed by atoms with Crippen molar-refractivity contribution in [1.82, 2.24) is 4.90 Å². The SMILES string of the molecule is NCC1CN(C2C3CC4CC(C3)CC2C4)C(=O)CO1. The highest BCUT2D eigenvalue weighted by Gasteiger charge is 2.51. The fourth-order valence-corrected chi connectivity index (χ4v) is 5.48. The molecule has 4 nitrogen and oxygen atoms in total. The summed E-state index contributed by atoms with van der Waals surface area (Å²) in [5, 5.41) is 0. The van der Waals surface area contributed by atoms with E-state index in [4.69, 9.17) is 10.5 Å². The molecule has 4 aliphatic carbocycles. The lowest BCUT2D eigenvalue weighted by atomic mass is 9.54. The zero-order chi connectivity index (χ0) is 13.0. The summed E-state index contributed by atoms with van der Waals surface area (Å²) < 4.78 is 5.50. The molecule has 0 radical (unpaired) electrons. The molecular formula is C15H24N2O2. The van der Waals surface area contributed by atoms with Gasteiger partial charge in [0.2, 0.25) is 5.91 Å². The molecule has 5 fully saturated rings. The Labute approximate surface area is 114 Å². The zero-order valence-electron chi connectivity index (χ0n) is 11.5. The first-order valence-corrected chi connectivity index (χ1v) is 7.85. The first-order valence-electron chi connectivity index (χ1n) is 7.85. The van der Waals surface area contributed by atoms with E-state index in [0.717, 1.165) is 30.2 Å². The van der Waals surface area contributed by atoms with Gasteiger partial charge in [0.1, 0.15) is 6.61 Å². The average Bonchev–Trinajstić information content (AvgIpc) is 2.39. The van der Waals surface area contributed by atoms with Gasteiger partial charge in [0.25, 0.3) is 0 Å². The molecule has 1 aliphatic heterocycles. The van der Waals surface area contributed by atoms with E-state index in [-0.39, 0.29) is 18.6 Å². The third kappa shape index (κ3) is 1.91. The maximum absolute atomic E-state index is 12.2. The molecule has 5 rings (SSSR count). The number of hydrogen-bond donors (Lipinski definition) is 1. The van der Waals surface area contributed by atoms with E-state index < -0.39 is 0 Å². The predicted octanol–water partition coefficient (Wildman–Crippen LogP) is 0.997. The Bertz CT molecular complexity index is 356. The highest BCUT2D eigenvalue weighted by Crippen LogP contribution is 2.55. The number of amides is 1. The fraction of sp³-hybridized carbons (Fsp3) is 0.933. The van der Waals surface area contributed by atoms with Crippen LogP contribution in [0.25, 0.3) is 0 Å². The monoisotopic (exact) mass is 264 g/mol. The third-order valence-corrected chi connectivity index (χ3v) is 5.96. The zero-order valence-corrected chi connectivity index (χ0v) is 11.5. The molecule has 4 heteroatoms. The number of carbonyl (C=O) groups excluding carboxylic acids is 1. The van der Waals surface area contributed by atoms with Crippen LogP contribution < -0.4 is 5.73 Å². The summed E-state index contributed by atoms with van der Waals surface area (Å²) in [7, 11) is 0. The van der Waals surface area contributed by atoms with Crippen LogP contribution in [0.15, 0.2) is 0 Å². The molecule has 1 atom stereocenters. The van der Waals surface area contributed by atoms with E-state index >= 15 is 0 Å². The number of morpholine rings is 1. The highest BCUT2D eigenvalue weighted by molar-refractivity contribution is 5.78. The van der Waals surface area contributed by atoms with Gasteiger partial charge in [0.05, 0.1) is 6.10 Å². The molecule has 2 N–H and O–H groups in total. The standard InChI is InChI=1S/C15H24N2O2/c16-6-13-7-17(14(18)8-19-13)15-11-2-9-1-10(4-11)5-12(15)3-9/h9-13,15H,1-8,16H2. The maximum atomic E-state index is 12.2. The summed E-state index contributed by atoms with van der Waals surface area (Å²) >= 11 is 0. The molecule has 5 aliphatic rings. The van der Waals surface area contributed by atoms with Gasteiger partial charge in [0, 0.05) is 19.1 Å². The van der Waals surface area contributed by atoms with E-state index in [1.807, 2.05) is 0 Å². The van der Waals surface area contributed by atoms with E-state index in [0.29, 0.717) is 12.6 Å². The molecule has 0 spiro atoms. The van der Waals surface area contributed by atoms with Crippen LogP contribution in [0.4, 0.5) is 0 Å². The second kappa shape index (κ2) is 4.45. The molecule has 19 heavy (non-hydrogen) atoms. The van der Waals surface area contributed by atoms with Crippen molar-refractivity contribution in [2.24, 2.45) is 29.4 Å². The van der Waals surface area contributed by atoms with Crippen LogP contribution in [0.5, 0.6) is 0 Å². The second-order valence-corrected chi connectivity index (χ2v) is 7.14. The van der Waals surface area contributed by atoms with Gasteiger partial charge in [-0.1, -0.05) is 0 Å². The van der Waals surface area contributed by atoms with Crippen LogP contribution in [-0.2, 0) is 9.53 Å². The number of hydrogen-bond acceptors (Lipinski definition) is 3. The number of rotatable bonds is 2. The van der Waals surface area contributed by atoms with E-state index in [1.54, 1.807) is 0 Å².